The highest BCUT2D eigenvalue weighted by Gasteiger charge is 2.55. The molecule has 0 aromatic rings. The molecule has 0 bridgehead atoms. The normalized spacial score (nSPS) is 16.4. The lowest BCUT2D eigenvalue weighted by molar-refractivity contribution is -0.191. The van der Waals surface area contributed by atoms with Crippen LogP contribution in [0.2, 0.25) is 0 Å². The molecule has 0 fully saturated rings. The molecule has 0 aliphatic heterocycles. The van der Waals surface area contributed by atoms with Crippen molar-refractivity contribution in [2.75, 3.05) is 6.54 Å². The molecule has 4 nitrogen and oxygen atoms in total. The first-order valence-electron chi connectivity index (χ1n) is 4.11. The van der Waals surface area contributed by atoms with Crippen molar-refractivity contribution in [3.63, 3.8) is 0 Å². The van der Waals surface area contributed by atoms with E-state index in [2.05, 4.69) is 5.73 Å². The van der Waals surface area contributed by atoms with E-state index in [4.69, 9.17) is 11.5 Å². The van der Waals surface area contributed by atoms with Crippen molar-refractivity contribution in [2.24, 2.45) is 17.2 Å². The van der Waals surface area contributed by atoms with Gasteiger partial charge >= 0.3 is 6.18 Å². The Morgan fingerprint density at radius 2 is 1.71 bits per heavy atom. The Labute approximate surface area is 79.6 Å². The quantitative estimate of drug-likeness (QED) is 0.555. The Balaban J connectivity index is 4.50. The number of carbonyl (C=O) groups is 1. The van der Waals surface area contributed by atoms with Crippen LogP contribution < -0.4 is 17.2 Å². The highest BCUT2D eigenvalue weighted by molar-refractivity contribution is 5.85. The van der Waals surface area contributed by atoms with Crippen LogP contribution in [0.3, 0.4) is 0 Å². The van der Waals surface area contributed by atoms with Gasteiger partial charge in [-0.1, -0.05) is 0 Å². The summed E-state index contributed by atoms with van der Waals surface area (Å²) in [6, 6.07) is 0. The van der Waals surface area contributed by atoms with E-state index in [1.165, 1.54) is 0 Å². The van der Waals surface area contributed by atoms with Gasteiger partial charge in [0.15, 0.2) is 5.54 Å². The number of nitrogens with two attached hydrogens (primary N) is 3. The highest BCUT2D eigenvalue weighted by Crippen LogP contribution is 2.31. The first-order chi connectivity index (χ1) is 6.25. The van der Waals surface area contributed by atoms with E-state index >= 15 is 0 Å². The Bertz CT molecular complexity index is 207. The van der Waals surface area contributed by atoms with Crippen LogP contribution in [0.1, 0.15) is 19.3 Å². The fraction of sp³-hybridized carbons (Fsp3) is 0.857. The van der Waals surface area contributed by atoms with Gasteiger partial charge in [-0.05, 0) is 25.8 Å². The van der Waals surface area contributed by atoms with Gasteiger partial charge in [0.25, 0.3) is 0 Å². The third-order valence-electron chi connectivity index (χ3n) is 1.97. The molecule has 0 aromatic carbocycles. The summed E-state index contributed by atoms with van der Waals surface area (Å²) in [6.07, 6.45) is -4.84. The molecule has 0 aromatic heterocycles. The van der Waals surface area contributed by atoms with Gasteiger partial charge in [0.05, 0.1) is 0 Å². The smallest absolute Gasteiger partial charge is 0.368 e. The van der Waals surface area contributed by atoms with Gasteiger partial charge in [0.1, 0.15) is 0 Å². The summed E-state index contributed by atoms with van der Waals surface area (Å²) in [5.74, 6) is -1.55. The van der Waals surface area contributed by atoms with E-state index in [1.54, 1.807) is 0 Å². The summed E-state index contributed by atoms with van der Waals surface area (Å²) in [6.45, 7) is 0.257. The molecule has 7 heteroatoms. The molecule has 0 radical (unpaired) electrons. The molecule has 0 unspecified atom stereocenters. The highest BCUT2D eigenvalue weighted by atomic mass is 19.4. The number of rotatable bonds is 5. The fourth-order valence-corrected chi connectivity index (χ4v) is 0.953. The molecule has 84 valence electrons. The third-order valence-corrected chi connectivity index (χ3v) is 1.97. The molecule has 0 saturated carbocycles. The molecule has 0 heterocycles. The minimum Gasteiger partial charge on any atom is -0.368 e. The first-order valence-corrected chi connectivity index (χ1v) is 4.11. The fourth-order valence-electron chi connectivity index (χ4n) is 0.953. The maximum atomic E-state index is 12.3. The van der Waals surface area contributed by atoms with Gasteiger partial charge in [-0.25, -0.2) is 0 Å². The number of hydrogen-bond donors (Lipinski definition) is 3. The van der Waals surface area contributed by atoms with E-state index < -0.39 is 24.0 Å². The molecule has 1 amide bonds. The molecule has 6 N–H and O–H groups in total. The maximum Gasteiger partial charge on any atom is 0.415 e. The van der Waals surface area contributed by atoms with Crippen LogP contribution in [0.4, 0.5) is 13.2 Å². The zero-order valence-electron chi connectivity index (χ0n) is 7.60. The van der Waals surface area contributed by atoms with E-state index in [1.807, 2.05) is 0 Å². The van der Waals surface area contributed by atoms with Crippen molar-refractivity contribution in [2.45, 2.75) is 31.0 Å². The molecule has 1 atom stereocenters. The lowest BCUT2D eigenvalue weighted by atomic mass is 9.92. The van der Waals surface area contributed by atoms with E-state index in [0.717, 1.165) is 0 Å². The Kier molecular flexibility index (Phi) is 4.34. The largest absolute Gasteiger partial charge is 0.415 e. The topological polar surface area (TPSA) is 95.1 Å². The lowest BCUT2D eigenvalue weighted by Crippen LogP contribution is -2.62. The summed E-state index contributed by atoms with van der Waals surface area (Å²) in [5, 5.41) is 0. The number of halogens is 3. The number of unbranched alkanes of at least 4 members (excludes halogenated alkanes) is 1. The van der Waals surface area contributed by atoms with Gasteiger partial charge in [-0.2, -0.15) is 13.2 Å². The number of carbonyl (C=O) groups excluding carboxylic acids is 1. The van der Waals surface area contributed by atoms with Crippen molar-refractivity contribution in [1.82, 2.24) is 0 Å². The minimum atomic E-state index is -4.81. The summed E-state index contributed by atoms with van der Waals surface area (Å²) in [7, 11) is 0. The summed E-state index contributed by atoms with van der Waals surface area (Å²) >= 11 is 0. The molecule has 0 spiro atoms. The molecule has 0 rings (SSSR count). The summed E-state index contributed by atoms with van der Waals surface area (Å²) in [4.78, 5) is 10.6. The first kappa shape index (κ1) is 13.2. The van der Waals surface area contributed by atoms with Gasteiger partial charge in [0.2, 0.25) is 5.91 Å². The monoisotopic (exact) mass is 213 g/mol. The number of hydrogen-bond acceptors (Lipinski definition) is 3. The van der Waals surface area contributed by atoms with Gasteiger partial charge < -0.3 is 17.2 Å². The van der Waals surface area contributed by atoms with Crippen molar-refractivity contribution >= 4 is 5.91 Å². The Hall–Kier alpha value is -0.820. The summed E-state index contributed by atoms with van der Waals surface area (Å²) < 4.78 is 37.0. The second-order valence-electron chi connectivity index (χ2n) is 3.08. The number of primary amides is 1. The van der Waals surface area contributed by atoms with Crippen molar-refractivity contribution in [3.05, 3.63) is 0 Å². The van der Waals surface area contributed by atoms with Gasteiger partial charge in [-0.3, -0.25) is 4.79 Å². The molecule has 0 saturated heterocycles. The predicted molar refractivity (Wildman–Crippen MR) is 45.1 cm³/mol. The van der Waals surface area contributed by atoms with Crippen LogP contribution in [0.25, 0.3) is 0 Å². The zero-order chi connectivity index (χ0) is 11.4. The van der Waals surface area contributed by atoms with Crippen LogP contribution in [0, 0.1) is 0 Å². The SMILES string of the molecule is NCCCC[C@](N)(C(N)=O)C(F)(F)F. The van der Waals surface area contributed by atoms with E-state index in [-0.39, 0.29) is 13.0 Å². The zero-order valence-corrected chi connectivity index (χ0v) is 7.60. The van der Waals surface area contributed by atoms with Crippen molar-refractivity contribution < 1.29 is 18.0 Å². The van der Waals surface area contributed by atoms with Crippen LogP contribution in [-0.4, -0.2) is 24.2 Å². The molecule has 0 aliphatic carbocycles. The minimum absolute atomic E-state index is 0.120. The van der Waals surface area contributed by atoms with Crippen LogP contribution in [0.15, 0.2) is 0 Å². The molecule has 0 aliphatic rings. The van der Waals surface area contributed by atoms with E-state index in [9.17, 15) is 18.0 Å². The number of alkyl halides is 3. The molecule has 14 heavy (non-hydrogen) atoms. The third kappa shape index (κ3) is 2.85. The average Bonchev–Trinajstić information content (AvgIpc) is 2.02. The standard InChI is InChI=1S/C7H14F3N3O/c8-7(9,10)6(13,5(12)14)3-1-2-4-11/h1-4,11,13H2,(H2,12,14)/t6-/m0/s1. The van der Waals surface area contributed by atoms with Gasteiger partial charge in [-0.15, -0.1) is 0 Å². The number of amides is 1. The van der Waals surface area contributed by atoms with Crippen molar-refractivity contribution in [3.8, 4) is 0 Å². The van der Waals surface area contributed by atoms with Crippen molar-refractivity contribution in [1.29, 1.82) is 0 Å². The summed E-state index contributed by atoms with van der Waals surface area (Å²) in [5.41, 5.74) is 11.7. The van der Waals surface area contributed by atoms with Crippen LogP contribution in [-0.2, 0) is 4.79 Å². The Morgan fingerprint density at radius 3 is 2.00 bits per heavy atom. The maximum absolute atomic E-state index is 12.3. The van der Waals surface area contributed by atoms with Gasteiger partial charge in [0, 0.05) is 0 Å². The van der Waals surface area contributed by atoms with Crippen LogP contribution >= 0.6 is 0 Å². The van der Waals surface area contributed by atoms with Crippen LogP contribution in [0.5, 0.6) is 0 Å². The molecular formula is C7H14F3N3O. The second kappa shape index (κ2) is 4.61. The van der Waals surface area contributed by atoms with E-state index in [0.29, 0.717) is 6.42 Å². The lowest BCUT2D eigenvalue weighted by Gasteiger charge is -2.28. The Morgan fingerprint density at radius 1 is 1.21 bits per heavy atom. The molecular weight excluding hydrogens is 199 g/mol. The predicted octanol–water partition coefficient (Wildman–Crippen LogP) is -0.139. The average molecular weight is 213 g/mol. The second-order valence-corrected chi connectivity index (χ2v) is 3.08.